The number of thiophene rings is 1. The lowest BCUT2D eigenvalue weighted by molar-refractivity contribution is 0.0703. The van der Waals surface area contributed by atoms with Gasteiger partial charge in [-0.15, -0.1) is 11.3 Å². The Morgan fingerprint density at radius 3 is 3.00 bits per heavy atom. The largest absolute Gasteiger partial charge is 0.477 e. The van der Waals surface area contributed by atoms with Gasteiger partial charge in [0.25, 0.3) is 0 Å². The Morgan fingerprint density at radius 1 is 1.83 bits per heavy atom. The van der Waals surface area contributed by atoms with Gasteiger partial charge < -0.3 is 5.11 Å². The van der Waals surface area contributed by atoms with Crippen LogP contribution in [-0.4, -0.2) is 16.2 Å². The number of aliphatic imine (C=N–C) groups is 1. The van der Waals surface area contributed by atoms with Crippen molar-refractivity contribution in [2.24, 2.45) is 4.99 Å². The third kappa shape index (κ3) is 1.58. The number of hydrogen-bond donors (Lipinski definition) is 1. The van der Waals surface area contributed by atoms with E-state index in [4.69, 9.17) is 5.11 Å². The second-order valence-corrected chi connectivity index (χ2v) is 3.17. The summed E-state index contributed by atoms with van der Waals surface area (Å²) in [5, 5.41) is 12.6. The SMILES string of the molecule is Cc1csc(C(=O)O)c1N=C=S. The predicted octanol–water partition coefficient (Wildman–Crippen LogP) is 2.49. The molecule has 1 aromatic rings. The maximum Gasteiger partial charge on any atom is 0.348 e. The van der Waals surface area contributed by atoms with Crippen molar-refractivity contribution in [3.63, 3.8) is 0 Å². The summed E-state index contributed by atoms with van der Waals surface area (Å²) >= 11 is 5.55. The highest BCUT2D eigenvalue weighted by atomic mass is 32.1. The number of isothiocyanates is 1. The van der Waals surface area contributed by atoms with Gasteiger partial charge in [0.05, 0.1) is 5.16 Å². The molecule has 1 heterocycles. The summed E-state index contributed by atoms with van der Waals surface area (Å²) in [6, 6.07) is 0. The first kappa shape index (κ1) is 9.06. The molecule has 0 aliphatic carbocycles. The first-order valence-electron chi connectivity index (χ1n) is 3.06. The highest BCUT2D eigenvalue weighted by molar-refractivity contribution is 7.78. The maximum atomic E-state index is 10.6. The van der Waals surface area contributed by atoms with E-state index in [0.717, 1.165) is 16.9 Å². The lowest BCUT2D eigenvalue weighted by atomic mass is 10.3. The standard InChI is InChI=1S/C7H5NO2S2/c1-4-2-12-6(7(9)10)5(4)8-3-11/h2H,1H3,(H,9,10). The number of carbonyl (C=O) groups is 1. The first-order chi connectivity index (χ1) is 5.66. The molecule has 0 atom stereocenters. The first-order valence-corrected chi connectivity index (χ1v) is 4.35. The zero-order valence-electron chi connectivity index (χ0n) is 6.20. The number of carboxylic acid groups (broad SMARTS) is 1. The molecular weight excluding hydrogens is 194 g/mol. The smallest absolute Gasteiger partial charge is 0.348 e. The minimum atomic E-state index is -0.975. The van der Waals surface area contributed by atoms with Crippen molar-refractivity contribution < 1.29 is 9.90 Å². The van der Waals surface area contributed by atoms with Crippen LogP contribution in [-0.2, 0) is 0 Å². The molecule has 0 fully saturated rings. The van der Waals surface area contributed by atoms with Crippen LogP contribution in [0.15, 0.2) is 10.4 Å². The average Bonchev–Trinajstić information content (AvgIpc) is 2.34. The highest BCUT2D eigenvalue weighted by Gasteiger charge is 2.13. The van der Waals surface area contributed by atoms with Crippen molar-refractivity contribution in [2.75, 3.05) is 0 Å². The van der Waals surface area contributed by atoms with Crippen molar-refractivity contribution in [1.82, 2.24) is 0 Å². The molecule has 0 unspecified atom stereocenters. The molecular formula is C7H5NO2S2. The molecule has 0 amide bonds. The lowest BCUT2D eigenvalue weighted by Gasteiger charge is -1.90. The van der Waals surface area contributed by atoms with E-state index in [1.54, 1.807) is 12.3 Å². The summed E-state index contributed by atoms with van der Waals surface area (Å²) in [4.78, 5) is 14.5. The minimum absolute atomic E-state index is 0.213. The number of aromatic carboxylic acids is 1. The second-order valence-electron chi connectivity index (χ2n) is 2.10. The average molecular weight is 199 g/mol. The van der Waals surface area contributed by atoms with Gasteiger partial charge in [-0.25, -0.2) is 4.79 Å². The van der Waals surface area contributed by atoms with Crippen LogP contribution in [0, 0.1) is 6.92 Å². The Hall–Kier alpha value is -1.03. The van der Waals surface area contributed by atoms with Crippen LogP contribution in [0.3, 0.4) is 0 Å². The molecule has 1 N–H and O–H groups in total. The Balaban J connectivity index is 3.30. The lowest BCUT2D eigenvalue weighted by Crippen LogP contribution is -1.91. The molecule has 1 aromatic heterocycles. The highest BCUT2D eigenvalue weighted by Crippen LogP contribution is 2.29. The van der Waals surface area contributed by atoms with Gasteiger partial charge in [-0.2, -0.15) is 4.99 Å². The Bertz CT molecular complexity index is 363. The summed E-state index contributed by atoms with van der Waals surface area (Å²) in [5.41, 5.74) is 1.23. The van der Waals surface area contributed by atoms with Crippen LogP contribution in [0.2, 0.25) is 0 Å². The Morgan fingerprint density at radius 2 is 2.50 bits per heavy atom. The van der Waals surface area contributed by atoms with Crippen LogP contribution in [0.4, 0.5) is 5.69 Å². The zero-order valence-corrected chi connectivity index (χ0v) is 7.83. The molecule has 0 saturated heterocycles. The van der Waals surface area contributed by atoms with E-state index in [1.165, 1.54) is 0 Å². The summed E-state index contributed by atoms with van der Waals surface area (Å²) in [5.74, 6) is -0.975. The number of thiocarbonyl (C=S) groups is 1. The number of aryl methyl sites for hydroxylation is 1. The molecule has 0 radical (unpaired) electrons. The van der Waals surface area contributed by atoms with Crippen LogP contribution < -0.4 is 0 Å². The van der Waals surface area contributed by atoms with Crippen LogP contribution >= 0.6 is 23.6 Å². The van der Waals surface area contributed by atoms with Crippen LogP contribution in [0.1, 0.15) is 15.2 Å². The van der Waals surface area contributed by atoms with E-state index in [1.807, 2.05) is 0 Å². The Labute approximate surface area is 78.4 Å². The van der Waals surface area contributed by atoms with Gasteiger partial charge in [-0.05, 0) is 30.1 Å². The number of hydrogen-bond acceptors (Lipinski definition) is 4. The van der Waals surface area contributed by atoms with Gasteiger partial charge >= 0.3 is 5.97 Å². The van der Waals surface area contributed by atoms with Gasteiger partial charge in [0.2, 0.25) is 0 Å². The normalized spacial score (nSPS) is 9.08. The molecule has 0 aliphatic rings. The molecule has 0 bridgehead atoms. The van der Waals surface area contributed by atoms with E-state index in [0.29, 0.717) is 5.69 Å². The monoisotopic (exact) mass is 199 g/mol. The fourth-order valence-electron chi connectivity index (χ4n) is 0.774. The van der Waals surface area contributed by atoms with E-state index in [-0.39, 0.29) is 4.88 Å². The molecule has 0 aromatic carbocycles. The van der Waals surface area contributed by atoms with Crippen molar-refractivity contribution in [2.45, 2.75) is 6.92 Å². The third-order valence-electron chi connectivity index (χ3n) is 1.29. The molecule has 0 saturated carbocycles. The van der Waals surface area contributed by atoms with Crippen molar-refractivity contribution in [3.8, 4) is 0 Å². The third-order valence-corrected chi connectivity index (χ3v) is 2.46. The summed E-state index contributed by atoms with van der Waals surface area (Å²) in [6.45, 7) is 1.79. The minimum Gasteiger partial charge on any atom is -0.477 e. The van der Waals surface area contributed by atoms with E-state index in [2.05, 4.69) is 22.4 Å². The van der Waals surface area contributed by atoms with Crippen molar-refractivity contribution >= 4 is 40.4 Å². The maximum absolute atomic E-state index is 10.6. The predicted molar refractivity (Wildman–Crippen MR) is 50.7 cm³/mol. The van der Waals surface area contributed by atoms with E-state index < -0.39 is 5.97 Å². The van der Waals surface area contributed by atoms with Crippen LogP contribution in [0.5, 0.6) is 0 Å². The molecule has 62 valence electrons. The molecule has 0 spiro atoms. The number of carboxylic acids is 1. The number of nitrogens with zero attached hydrogens (tertiary/aromatic N) is 1. The van der Waals surface area contributed by atoms with E-state index in [9.17, 15) is 4.79 Å². The molecule has 5 heteroatoms. The molecule has 12 heavy (non-hydrogen) atoms. The van der Waals surface area contributed by atoms with Gasteiger partial charge in [-0.3, -0.25) is 0 Å². The summed E-state index contributed by atoms with van der Waals surface area (Å²) in [7, 11) is 0. The van der Waals surface area contributed by atoms with Crippen LogP contribution in [0.25, 0.3) is 0 Å². The van der Waals surface area contributed by atoms with Gasteiger partial charge in [0.1, 0.15) is 10.6 Å². The molecule has 3 nitrogen and oxygen atoms in total. The topological polar surface area (TPSA) is 49.7 Å². The fourth-order valence-corrected chi connectivity index (χ4v) is 1.69. The second kappa shape index (κ2) is 3.58. The van der Waals surface area contributed by atoms with E-state index >= 15 is 0 Å². The fraction of sp³-hybridized carbons (Fsp3) is 0.143. The van der Waals surface area contributed by atoms with Crippen molar-refractivity contribution in [1.29, 1.82) is 0 Å². The molecule has 1 rings (SSSR count). The zero-order chi connectivity index (χ0) is 9.14. The quantitative estimate of drug-likeness (QED) is 0.588. The summed E-state index contributed by atoms with van der Waals surface area (Å²) in [6.07, 6.45) is 0. The summed E-state index contributed by atoms with van der Waals surface area (Å²) < 4.78 is 0. The Kier molecular flexibility index (Phi) is 2.70. The molecule has 0 aliphatic heterocycles. The number of rotatable bonds is 2. The van der Waals surface area contributed by atoms with Crippen molar-refractivity contribution in [3.05, 3.63) is 15.8 Å². The van der Waals surface area contributed by atoms with Gasteiger partial charge in [-0.1, -0.05) is 0 Å². The van der Waals surface area contributed by atoms with Gasteiger partial charge in [0, 0.05) is 0 Å². The van der Waals surface area contributed by atoms with Gasteiger partial charge in [0.15, 0.2) is 0 Å².